The van der Waals surface area contributed by atoms with Crippen molar-refractivity contribution in [1.29, 1.82) is 5.26 Å². The molecule has 3 aromatic carbocycles. The lowest BCUT2D eigenvalue weighted by Crippen LogP contribution is -2.28. The van der Waals surface area contributed by atoms with Gasteiger partial charge >= 0.3 is 5.97 Å². The fraction of sp³-hybridized carbons (Fsp3) is 0.200. The first kappa shape index (κ1) is 29.6. The number of carboxylic acid groups (broad SMARTS) is 1. The van der Waals surface area contributed by atoms with E-state index in [1.54, 1.807) is 29.2 Å². The molecule has 1 aliphatic heterocycles. The summed E-state index contributed by atoms with van der Waals surface area (Å²) in [6.07, 6.45) is 0. The van der Waals surface area contributed by atoms with Crippen LogP contribution in [0, 0.1) is 11.3 Å². The summed E-state index contributed by atoms with van der Waals surface area (Å²) in [6, 6.07) is 22.5. The number of hydrogen-bond acceptors (Lipinski definition) is 9. The molecule has 2 N–H and O–H groups in total. The summed E-state index contributed by atoms with van der Waals surface area (Å²) in [4.78, 5) is 34.4. The number of anilines is 2. The van der Waals surface area contributed by atoms with Crippen molar-refractivity contribution in [1.82, 2.24) is 4.90 Å². The van der Waals surface area contributed by atoms with Crippen LogP contribution in [0.1, 0.15) is 18.1 Å². The Morgan fingerprint density at radius 3 is 2.66 bits per heavy atom. The highest BCUT2D eigenvalue weighted by Gasteiger charge is 2.34. The van der Waals surface area contributed by atoms with E-state index >= 15 is 0 Å². The van der Waals surface area contributed by atoms with Crippen LogP contribution in [0.15, 0.2) is 86.9 Å². The van der Waals surface area contributed by atoms with Crippen molar-refractivity contribution in [3.05, 3.63) is 88.2 Å². The van der Waals surface area contributed by atoms with E-state index in [1.807, 2.05) is 73.8 Å². The molecule has 1 saturated heterocycles. The summed E-state index contributed by atoms with van der Waals surface area (Å²) in [5.41, 5.74) is 3.63. The molecule has 1 amide bonds. The predicted molar refractivity (Wildman–Crippen MR) is 165 cm³/mol. The monoisotopic (exact) mass is 587 g/mol. The normalized spacial score (nSPS) is 14.8. The number of nitriles is 1. The largest absolute Gasteiger partial charge is 0.482 e. The second-order valence-electron chi connectivity index (χ2n) is 9.05. The van der Waals surface area contributed by atoms with Crippen molar-refractivity contribution in [3.63, 3.8) is 0 Å². The lowest BCUT2D eigenvalue weighted by atomic mass is 10.2. The van der Waals surface area contributed by atoms with Gasteiger partial charge in [-0.25, -0.2) is 9.79 Å². The molecule has 41 heavy (non-hydrogen) atoms. The van der Waals surface area contributed by atoms with Gasteiger partial charge in [0.2, 0.25) is 0 Å². The van der Waals surface area contributed by atoms with Crippen molar-refractivity contribution in [2.75, 3.05) is 37.5 Å². The Hall–Kier alpha value is -4.40. The van der Waals surface area contributed by atoms with E-state index in [9.17, 15) is 14.9 Å². The summed E-state index contributed by atoms with van der Waals surface area (Å²) in [5, 5.41) is 24.0. The van der Waals surface area contributed by atoms with Gasteiger partial charge in [0, 0.05) is 31.6 Å². The van der Waals surface area contributed by atoms with Gasteiger partial charge in [-0.05, 0) is 60.0 Å². The highest BCUT2D eigenvalue weighted by atomic mass is 32.2. The van der Waals surface area contributed by atoms with E-state index < -0.39 is 12.6 Å². The number of amidine groups is 1. The molecule has 4 rings (SSSR count). The van der Waals surface area contributed by atoms with Crippen LogP contribution in [-0.4, -0.2) is 54.3 Å². The van der Waals surface area contributed by atoms with Crippen LogP contribution >= 0.6 is 23.5 Å². The maximum Gasteiger partial charge on any atom is 0.341 e. The van der Waals surface area contributed by atoms with Gasteiger partial charge < -0.3 is 20.1 Å². The minimum Gasteiger partial charge on any atom is -0.482 e. The van der Waals surface area contributed by atoms with Crippen LogP contribution in [0.25, 0.3) is 0 Å². The number of ether oxygens (including phenoxy) is 1. The molecule has 0 saturated carbocycles. The summed E-state index contributed by atoms with van der Waals surface area (Å²) >= 11 is 2.67. The fourth-order valence-corrected chi connectivity index (χ4v) is 5.89. The minimum atomic E-state index is -1.05. The number of amides is 1. The van der Waals surface area contributed by atoms with Gasteiger partial charge in [0.1, 0.15) is 5.75 Å². The first-order valence-corrected chi connectivity index (χ1v) is 14.4. The van der Waals surface area contributed by atoms with Crippen LogP contribution in [0.5, 0.6) is 5.75 Å². The molecular formula is C30H29N5O4S2. The second-order valence-corrected chi connectivity index (χ2v) is 11.0. The van der Waals surface area contributed by atoms with Crippen molar-refractivity contribution in [2.45, 2.75) is 18.4 Å². The average molecular weight is 588 g/mol. The average Bonchev–Trinajstić information content (AvgIpc) is 3.25. The lowest BCUT2D eigenvalue weighted by Gasteiger charge is -2.18. The summed E-state index contributed by atoms with van der Waals surface area (Å²) in [6.45, 7) is 2.58. The second kappa shape index (κ2) is 13.8. The Kier molecular flexibility index (Phi) is 9.95. The summed E-state index contributed by atoms with van der Waals surface area (Å²) in [5.74, 6) is -0.774. The Balaban J connectivity index is 1.68. The van der Waals surface area contributed by atoms with Gasteiger partial charge in [-0.15, -0.1) is 0 Å². The van der Waals surface area contributed by atoms with Gasteiger partial charge in [0.15, 0.2) is 11.8 Å². The number of carbonyl (C=O) groups excluding carboxylic acids is 1. The Labute approximate surface area is 247 Å². The molecule has 1 fully saturated rings. The number of aliphatic carboxylic acids is 1. The topological polar surface area (TPSA) is 118 Å². The number of thioether (sulfide) groups is 2. The SMILES string of the molecule is CCNc1ccc(C#N)cc1N=C1S/C(=C\Sc2ccc(OCC(=O)O)cc2N(C)C)C(=O)N1Cc1ccccc1. The van der Waals surface area contributed by atoms with E-state index in [-0.39, 0.29) is 5.91 Å². The number of carboxylic acids is 1. The third-order valence-electron chi connectivity index (χ3n) is 5.85. The molecule has 11 heteroatoms. The molecule has 0 radical (unpaired) electrons. The molecule has 0 spiro atoms. The summed E-state index contributed by atoms with van der Waals surface area (Å²) in [7, 11) is 3.76. The molecule has 0 bridgehead atoms. The Bertz CT molecular complexity index is 1530. The predicted octanol–water partition coefficient (Wildman–Crippen LogP) is 5.92. The summed E-state index contributed by atoms with van der Waals surface area (Å²) < 4.78 is 5.34. The zero-order valence-electron chi connectivity index (χ0n) is 22.8. The maximum atomic E-state index is 13.7. The number of rotatable bonds is 11. The number of hydrogen-bond donors (Lipinski definition) is 2. The van der Waals surface area contributed by atoms with E-state index in [4.69, 9.17) is 14.8 Å². The number of benzene rings is 3. The molecule has 9 nitrogen and oxygen atoms in total. The van der Waals surface area contributed by atoms with Crippen LogP contribution in [0.2, 0.25) is 0 Å². The molecule has 1 heterocycles. The number of nitrogens with zero attached hydrogens (tertiary/aromatic N) is 4. The van der Waals surface area contributed by atoms with Crippen LogP contribution < -0.4 is 15.0 Å². The van der Waals surface area contributed by atoms with E-state index in [0.29, 0.717) is 40.2 Å². The lowest BCUT2D eigenvalue weighted by molar-refractivity contribution is -0.139. The van der Waals surface area contributed by atoms with Crippen LogP contribution in [-0.2, 0) is 16.1 Å². The third-order valence-corrected chi connectivity index (χ3v) is 7.96. The minimum absolute atomic E-state index is 0.167. The highest BCUT2D eigenvalue weighted by molar-refractivity contribution is 8.19. The maximum absolute atomic E-state index is 13.7. The first-order chi connectivity index (χ1) is 19.8. The van der Waals surface area contributed by atoms with Gasteiger partial charge in [-0.2, -0.15) is 5.26 Å². The molecule has 0 aromatic heterocycles. The number of aliphatic imine (C=N–C) groups is 1. The Morgan fingerprint density at radius 1 is 1.20 bits per heavy atom. The van der Waals surface area contributed by atoms with E-state index in [2.05, 4.69) is 11.4 Å². The van der Waals surface area contributed by atoms with Crippen LogP contribution in [0.4, 0.5) is 17.1 Å². The van der Waals surface area contributed by atoms with E-state index in [1.165, 1.54) is 23.5 Å². The Morgan fingerprint density at radius 2 is 1.98 bits per heavy atom. The number of nitrogens with one attached hydrogen (secondary N) is 1. The molecule has 1 aliphatic rings. The quantitative estimate of drug-likeness (QED) is 0.208. The van der Waals surface area contributed by atoms with Gasteiger partial charge in [-0.1, -0.05) is 42.1 Å². The molecular weight excluding hydrogens is 558 g/mol. The van der Waals surface area contributed by atoms with Crippen molar-refractivity contribution in [2.24, 2.45) is 4.99 Å². The van der Waals surface area contributed by atoms with Gasteiger partial charge in [0.05, 0.1) is 40.1 Å². The van der Waals surface area contributed by atoms with Gasteiger partial charge in [0.25, 0.3) is 5.91 Å². The van der Waals surface area contributed by atoms with Crippen molar-refractivity contribution < 1.29 is 19.4 Å². The van der Waals surface area contributed by atoms with E-state index in [0.717, 1.165) is 21.8 Å². The van der Waals surface area contributed by atoms with Crippen molar-refractivity contribution in [3.8, 4) is 11.8 Å². The van der Waals surface area contributed by atoms with Crippen LogP contribution in [0.3, 0.4) is 0 Å². The standard InChI is InChI=1S/C30H29N5O4S2/c1-4-32-23-12-10-21(16-31)14-24(23)33-30-35(17-20-8-6-5-7-9-20)29(38)27(41-30)19-40-26-13-11-22(39-18-28(36)37)15-25(26)34(2)3/h5-15,19,32H,4,17-18H2,1-3H3,(H,36,37)/b27-19-,33-30?. The first-order valence-electron chi connectivity index (χ1n) is 12.7. The third kappa shape index (κ3) is 7.63. The zero-order chi connectivity index (χ0) is 29.4. The molecule has 3 aromatic rings. The zero-order valence-corrected chi connectivity index (χ0v) is 24.5. The molecule has 210 valence electrons. The fourth-order valence-electron chi connectivity index (χ4n) is 3.91. The highest BCUT2D eigenvalue weighted by Crippen LogP contribution is 2.40. The molecule has 0 atom stereocenters. The van der Waals surface area contributed by atoms with Gasteiger partial charge in [-0.3, -0.25) is 9.69 Å². The number of carbonyl (C=O) groups is 2. The smallest absolute Gasteiger partial charge is 0.341 e. The molecule has 0 unspecified atom stereocenters. The molecule has 0 aliphatic carbocycles. The van der Waals surface area contributed by atoms with Crippen molar-refractivity contribution >= 4 is 57.6 Å².